The third kappa shape index (κ3) is 3.12. The summed E-state index contributed by atoms with van der Waals surface area (Å²) in [6.45, 7) is 1.22. The molecule has 0 spiro atoms. The Morgan fingerprint density at radius 1 is 1.00 bits per heavy atom. The van der Waals surface area contributed by atoms with Crippen molar-refractivity contribution in [3.63, 3.8) is 0 Å². The van der Waals surface area contributed by atoms with Gasteiger partial charge in [-0.15, -0.1) is 0 Å². The Morgan fingerprint density at radius 3 is 2.74 bits per heavy atom. The summed E-state index contributed by atoms with van der Waals surface area (Å²) in [6, 6.07) is 18.9. The van der Waals surface area contributed by atoms with E-state index < -0.39 is 5.60 Å². The fraction of sp³-hybridized carbons (Fsp3) is 0.227. The van der Waals surface area contributed by atoms with E-state index in [1.807, 2.05) is 30.6 Å². The first-order chi connectivity index (χ1) is 13.2. The maximum absolute atomic E-state index is 11.0. The number of hydrogen-bond acceptors (Lipinski definition) is 4. The van der Waals surface area contributed by atoms with Gasteiger partial charge in [-0.3, -0.25) is 4.40 Å². The van der Waals surface area contributed by atoms with Gasteiger partial charge < -0.3 is 9.84 Å². The Labute approximate surface area is 161 Å². The molecule has 4 nitrogen and oxygen atoms in total. The fourth-order valence-corrected chi connectivity index (χ4v) is 4.66. The second-order valence-electron chi connectivity index (χ2n) is 6.98. The van der Waals surface area contributed by atoms with E-state index in [1.54, 1.807) is 11.8 Å². The molecule has 136 valence electrons. The Morgan fingerprint density at radius 2 is 1.85 bits per heavy atom. The molecule has 0 bridgehead atoms. The Balaban J connectivity index is 1.46. The molecule has 0 amide bonds. The zero-order valence-electron chi connectivity index (χ0n) is 14.8. The molecule has 0 unspecified atom stereocenters. The molecule has 4 aromatic rings. The van der Waals surface area contributed by atoms with E-state index in [2.05, 4.69) is 45.8 Å². The minimum atomic E-state index is -0.773. The minimum absolute atomic E-state index is 0.612. The summed E-state index contributed by atoms with van der Waals surface area (Å²) in [5.41, 5.74) is 2.32. The fourth-order valence-electron chi connectivity index (χ4n) is 3.74. The average molecular weight is 376 g/mol. The highest BCUT2D eigenvalue weighted by atomic mass is 32.2. The first-order valence-corrected chi connectivity index (χ1v) is 9.97. The van der Waals surface area contributed by atoms with Crippen LogP contribution in [0.25, 0.3) is 16.6 Å². The molecule has 2 aromatic carbocycles. The van der Waals surface area contributed by atoms with Crippen LogP contribution in [0.4, 0.5) is 0 Å². The van der Waals surface area contributed by atoms with Crippen molar-refractivity contribution in [3.8, 4) is 0 Å². The maximum atomic E-state index is 11.0. The number of imidazole rings is 1. The Bertz CT molecular complexity index is 1120. The van der Waals surface area contributed by atoms with Gasteiger partial charge in [-0.25, -0.2) is 4.98 Å². The van der Waals surface area contributed by atoms with Gasteiger partial charge in [0, 0.05) is 48.2 Å². The van der Waals surface area contributed by atoms with Crippen molar-refractivity contribution in [2.24, 2.45) is 0 Å². The van der Waals surface area contributed by atoms with Crippen molar-refractivity contribution in [1.29, 1.82) is 0 Å². The van der Waals surface area contributed by atoms with Crippen LogP contribution in [0.3, 0.4) is 0 Å². The normalized spacial score (nSPS) is 16.8. The van der Waals surface area contributed by atoms with E-state index in [0.29, 0.717) is 26.1 Å². The van der Waals surface area contributed by atoms with Gasteiger partial charge in [-0.2, -0.15) is 0 Å². The third-order valence-corrected chi connectivity index (χ3v) is 6.25. The van der Waals surface area contributed by atoms with Crippen LogP contribution in [0.5, 0.6) is 0 Å². The molecule has 0 aliphatic carbocycles. The molecule has 1 saturated heterocycles. The van der Waals surface area contributed by atoms with Crippen LogP contribution in [0.15, 0.2) is 76.8 Å². The Kier molecular flexibility index (Phi) is 4.16. The van der Waals surface area contributed by atoms with Crippen molar-refractivity contribution in [3.05, 3.63) is 72.6 Å². The van der Waals surface area contributed by atoms with E-state index in [-0.39, 0.29) is 0 Å². The summed E-state index contributed by atoms with van der Waals surface area (Å²) in [4.78, 5) is 6.66. The first-order valence-electron chi connectivity index (χ1n) is 9.16. The predicted molar refractivity (Wildman–Crippen MR) is 107 cm³/mol. The number of rotatable bonds is 3. The highest BCUT2D eigenvalue weighted by Crippen LogP contribution is 2.36. The van der Waals surface area contributed by atoms with E-state index in [1.165, 1.54) is 10.3 Å². The van der Waals surface area contributed by atoms with E-state index in [4.69, 9.17) is 4.74 Å². The van der Waals surface area contributed by atoms with Gasteiger partial charge >= 0.3 is 0 Å². The highest BCUT2D eigenvalue weighted by Gasteiger charge is 2.31. The molecule has 1 N–H and O–H groups in total. The highest BCUT2D eigenvalue weighted by molar-refractivity contribution is 7.99. The molecule has 1 fully saturated rings. The lowest BCUT2D eigenvalue weighted by molar-refractivity contribution is -0.0680. The van der Waals surface area contributed by atoms with Gasteiger partial charge in [-0.1, -0.05) is 23.9 Å². The van der Waals surface area contributed by atoms with Gasteiger partial charge in [0.2, 0.25) is 0 Å². The van der Waals surface area contributed by atoms with Crippen LogP contribution in [-0.4, -0.2) is 27.7 Å². The van der Waals surface area contributed by atoms with Crippen molar-refractivity contribution in [1.82, 2.24) is 9.38 Å². The predicted octanol–water partition coefficient (Wildman–Crippen LogP) is 4.64. The summed E-state index contributed by atoms with van der Waals surface area (Å²) in [7, 11) is 0. The van der Waals surface area contributed by atoms with Gasteiger partial charge in [0.1, 0.15) is 5.65 Å². The first kappa shape index (κ1) is 16.8. The van der Waals surface area contributed by atoms with Crippen molar-refractivity contribution < 1.29 is 9.84 Å². The summed E-state index contributed by atoms with van der Waals surface area (Å²) >= 11 is 1.72. The lowest BCUT2D eigenvalue weighted by Crippen LogP contribution is -2.33. The average Bonchev–Trinajstić information content (AvgIpc) is 3.18. The van der Waals surface area contributed by atoms with Gasteiger partial charge in [0.25, 0.3) is 0 Å². The molecule has 27 heavy (non-hydrogen) atoms. The molecule has 1 aliphatic rings. The quantitative estimate of drug-likeness (QED) is 0.566. The van der Waals surface area contributed by atoms with Gasteiger partial charge in [0.15, 0.2) is 0 Å². The molecule has 5 heteroatoms. The van der Waals surface area contributed by atoms with Crippen molar-refractivity contribution in [2.45, 2.75) is 28.2 Å². The lowest BCUT2D eigenvalue weighted by atomic mass is 9.87. The number of fused-ring (bicyclic) bond motifs is 3. The molecular weight excluding hydrogens is 356 g/mol. The topological polar surface area (TPSA) is 46.8 Å². The number of ether oxygens (including phenoxy) is 1. The third-order valence-electron chi connectivity index (χ3n) is 5.27. The summed E-state index contributed by atoms with van der Waals surface area (Å²) in [5, 5.41) is 12.1. The number of nitrogens with zero attached hydrogens (tertiary/aromatic N) is 2. The largest absolute Gasteiger partial charge is 0.385 e. The molecule has 0 radical (unpaired) electrons. The number of aromatic nitrogens is 2. The van der Waals surface area contributed by atoms with E-state index in [0.717, 1.165) is 21.6 Å². The number of hydrogen-bond donors (Lipinski definition) is 1. The smallest absolute Gasteiger partial charge is 0.137 e. The summed E-state index contributed by atoms with van der Waals surface area (Å²) in [5.74, 6) is 0. The zero-order chi connectivity index (χ0) is 18.3. The molecule has 0 atom stereocenters. The van der Waals surface area contributed by atoms with Gasteiger partial charge in [0.05, 0.1) is 11.1 Å². The molecular formula is C22H20N2O2S. The number of pyridine rings is 1. The second-order valence-corrected chi connectivity index (χ2v) is 8.13. The van der Waals surface area contributed by atoms with Crippen LogP contribution in [0, 0.1) is 0 Å². The summed E-state index contributed by atoms with van der Waals surface area (Å²) in [6.07, 6.45) is 5.11. The van der Waals surface area contributed by atoms with Crippen LogP contribution in [-0.2, 0) is 10.3 Å². The van der Waals surface area contributed by atoms with Gasteiger partial charge in [-0.05, 0) is 53.4 Å². The second kappa shape index (κ2) is 6.68. The standard InChI is InChI=1S/C22H20N2O2S/c25-22(8-12-26-13-9-22)17-2-1-3-18(15-17)27-19-5-6-20-16(14-19)4-7-21-23-10-11-24(20)21/h1-7,10-11,14-15,25H,8-9,12-13H2. The number of benzene rings is 2. The van der Waals surface area contributed by atoms with Crippen LogP contribution in [0.1, 0.15) is 18.4 Å². The SMILES string of the molecule is OC1(c2cccc(Sc3ccc4c(ccc5nccn54)c3)c2)CCOCC1. The van der Waals surface area contributed by atoms with Crippen molar-refractivity contribution >= 4 is 28.3 Å². The minimum Gasteiger partial charge on any atom is -0.385 e. The van der Waals surface area contributed by atoms with Crippen molar-refractivity contribution in [2.75, 3.05) is 13.2 Å². The molecule has 2 aromatic heterocycles. The molecule has 1 aliphatic heterocycles. The molecule has 3 heterocycles. The van der Waals surface area contributed by atoms with E-state index in [9.17, 15) is 5.11 Å². The Hall–Kier alpha value is -2.34. The molecule has 5 rings (SSSR count). The van der Waals surface area contributed by atoms with Crippen LogP contribution in [0.2, 0.25) is 0 Å². The number of aliphatic hydroxyl groups is 1. The molecule has 0 saturated carbocycles. The van der Waals surface area contributed by atoms with Crippen LogP contribution >= 0.6 is 11.8 Å². The zero-order valence-corrected chi connectivity index (χ0v) is 15.7. The van der Waals surface area contributed by atoms with Crippen LogP contribution < -0.4 is 0 Å². The monoisotopic (exact) mass is 376 g/mol. The summed E-state index contributed by atoms with van der Waals surface area (Å²) < 4.78 is 7.51. The maximum Gasteiger partial charge on any atom is 0.137 e. The lowest BCUT2D eigenvalue weighted by Gasteiger charge is -2.32. The van der Waals surface area contributed by atoms with E-state index >= 15 is 0 Å².